The molecule has 3 aromatic rings. The van der Waals surface area contributed by atoms with Gasteiger partial charge in [0, 0.05) is 30.5 Å². The van der Waals surface area contributed by atoms with Crippen LogP contribution >= 0.6 is 0 Å². The van der Waals surface area contributed by atoms with Gasteiger partial charge < -0.3 is 19.4 Å². The zero-order chi connectivity index (χ0) is 23.2. The van der Waals surface area contributed by atoms with Gasteiger partial charge in [-0.1, -0.05) is 0 Å². The highest BCUT2D eigenvalue weighted by Gasteiger charge is 2.31. The van der Waals surface area contributed by atoms with Crippen LogP contribution in [0.15, 0.2) is 16.9 Å². The molecule has 1 atom stereocenters. The monoisotopic (exact) mass is 453 g/mol. The van der Waals surface area contributed by atoms with Crippen LogP contribution in [0, 0.1) is 5.82 Å². The second-order valence-corrected chi connectivity index (χ2v) is 8.61. The van der Waals surface area contributed by atoms with Crippen molar-refractivity contribution in [2.45, 2.75) is 51.7 Å². The number of piperidine rings is 1. The van der Waals surface area contributed by atoms with Crippen molar-refractivity contribution in [2.75, 3.05) is 13.1 Å². The molecule has 32 heavy (non-hydrogen) atoms. The number of hydrogen-bond acceptors (Lipinski definition) is 6. The third-order valence-corrected chi connectivity index (χ3v) is 5.02. The molecule has 9 nitrogen and oxygen atoms in total. The number of H-pyrrole nitrogens is 1. The number of carbonyl (C=O) groups is 1. The molecule has 1 aliphatic heterocycles. The number of aromatic amines is 1. The number of nitrogens with one attached hydrogen (secondary N) is 1. The van der Waals surface area contributed by atoms with Crippen LogP contribution in [0.25, 0.3) is 16.6 Å². The number of amides is 1. The summed E-state index contributed by atoms with van der Waals surface area (Å²) < 4.78 is 49.9. The Balaban J connectivity index is 1.69. The van der Waals surface area contributed by atoms with E-state index < -0.39 is 35.6 Å². The van der Waals surface area contributed by atoms with Crippen LogP contribution in [0.4, 0.5) is 18.0 Å². The predicted octanol–water partition coefficient (Wildman–Crippen LogP) is 3.43. The Kier molecular flexibility index (Phi) is 5.47. The minimum absolute atomic E-state index is 0.0793. The number of benzene rings is 1. The summed E-state index contributed by atoms with van der Waals surface area (Å²) in [6.07, 6.45) is 0.939. The smallest absolute Gasteiger partial charge is 0.410 e. The second kappa shape index (κ2) is 7.99. The van der Waals surface area contributed by atoms with Crippen molar-refractivity contribution in [3.8, 4) is 5.75 Å². The highest BCUT2D eigenvalue weighted by atomic mass is 19.3. The molecule has 0 aliphatic carbocycles. The molecule has 0 unspecified atom stereocenters. The Morgan fingerprint density at radius 3 is 2.75 bits per heavy atom. The molecule has 1 aliphatic rings. The second-order valence-electron chi connectivity index (χ2n) is 8.61. The third kappa shape index (κ3) is 4.34. The van der Waals surface area contributed by atoms with Gasteiger partial charge in [-0.3, -0.25) is 0 Å². The summed E-state index contributed by atoms with van der Waals surface area (Å²) in [5.41, 5.74) is -1.14. The average Bonchev–Trinajstić information content (AvgIpc) is 3.14. The van der Waals surface area contributed by atoms with Crippen molar-refractivity contribution in [3.05, 3.63) is 34.3 Å². The number of carbonyl (C=O) groups excluding carboxylic acids is 1. The van der Waals surface area contributed by atoms with Gasteiger partial charge in [0.25, 0.3) is 0 Å². The third-order valence-electron chi connectivity index (χ3n) is 5.02. The van der Waals surface area contributed by atoms with E-state index >= 15 is 0 Å². The average molecular weight is 453 g/mol. The number of nitrogens with zero attached hydrogens (tertiary/aromatic N) is 4. The summed E-state index contributed by atoms with van der Waals surface area (Å²) in [4.78, 5) is 33.4. The first-order valence-corrected chi connectivity index (χ1v) is 10.1. The van der Waals surface area contributed by atoms with Gasteiger partial charge in [0.15, 0.2) is 23.0 Å². The predicted molar refractivity (Wildman–Crippen MR) is 107 cm³/mol. The van der Waals surface area contributed by atoms with E-state index in [1.807, 2.05) is 0 Å². The number of likely N-dealkylation sites (tertiary alicyclic amines) is 1. The molecule has 1 fully saturated rings. The number of fused-ring (bicyclic) bond motifs is 3. The van der Waals surface area contributed by atoms with Crippen molar-refractivity contribution in [1.82, 2.24) is 24.5 Å². The topological polar surface area (TPSA) is 102 Å². The summed E-state index contributed by atoms with van der Waals surface area (Å²) in [6.45, 7) is 2.97. The SMILES string of the molecule is CC(C)(C)OC(=O)N1CCC[C@@H](c2nc3c4cc(F)c(OC(F)F)cc4[nH]c(=O)n3n2)C1. The molecule has 3 heterocycles. The fourth-order valence-electron chi connectivity index (χ4n) is 3.69. The highest BCUT2D eigenvalue weighted by Crippen LogP contribution is 2.29. The molecule has 4 rings (SSSR count). The maximum Gasteiger partial charge on any atom is 0.410 e. The quantitative estimate of drug-likeness (QED) is 0.652. The number of alkyl halides is 2. The van der Waals surface area contributed by atoms with Crippen LogP contribution in [0.1, 0.15) is 45.4 Å². The molecule has 12 heteroatoms. The Bertz CT molecular complexity index is 1230. The van der Waals surface area contributed by atoms with Crippen LogP contribution in [0.3, 0.4) is 0 Å². The zero-order valence-corrected chi connectivity index (χ0v) is 17.7. The van der Waals surface area contributed by atoms with E-state index in [0.29, 0.717) is 31.8 Å². The Morgan fingerprint density at radius 2 is 2.06 bits per heavy atom. The van der Waals surface area contributed by atoms with Gasteiger partial charge in [0.1, 0.15) is 5.60 Å². The van der Waals surface area contributed by atoms with Crippen LogP contribution in [-0.2, 0) is 4.74 Å². The van der Waals surface area contributed by atoms with Gasteiger partial charge in [0.05, 0.1) is 5.52 Å². The lowest BCUT2D eigenvalue weighted by atomic mass is 9.98. The van der Waals surface area contributed by atoms with E-state index in [9.17, 15) is 22.8 Å². The molecular weight excluding hydrogens is 431 g/mol. The Morgan fingerprint density at radius 1 is 1.31 bits per heavy atom. The van der Waals surface area contributed by atoms with Crippen LogP contribution in [-0.4, -0.2) is 55.9 Å². The van der Waals surface area contributed by atoms with Gasteiger partial charge in [0.2, 0.25) is 0 Å². The van der Waals surface area contributed by atoms with Gasteiger partial charge in [-0.2, -0.15) is 13.3 Å². The molecule has 1 amide bonds. The standard InChI is InChI=1S/C20H22F3N5O4/c1-20(2,3)32-19(30)27-6-4-5-10(9-27)15-25-16-11-7-12(21)14(31-17(22)23)8-13(11)24-18(29)28(16)26-15/h7-8,10,17H,4-6,9H2,1-3H3,(H,24,29)/t10-/m1/s1. The minimum atomic E-state index is -3.21. The molecule has 0 spiro atoms. The van der Waals surface area contributed by atoms with Gasteiger partial charge in [-0.05, 0) is 39.7 Å². The molecule has 2 aromatic heterocycles. The molecule has 1 saturated heterocycles. The van der Waals surface area contributed by atoms with Gasteiger partial charge in [-0.25, -0.2) is 19.0 Å². The minimum Gasteiger partial charge on any atom is -0.444 e. The maximum absolute atomic E-state index is 14.3. The van der Waals surface area contributed by atoms with Crippen LogP contribution in [0.5, 0.6) is 5.75 Å². The van der Waals surface area contributed by atoms with E-state index in [1.165, 1.54) is 0 Å². The van der Waals surface area contributed by atoms with Crippen molar-refractivity contribution < 1.29 is 27.4 Å². The summed E-state index contributed by atoms with van der Waals surface area (Å²) >= 11 is 0. The number of halogens is 3. The molecule has 0 bridgehead atoms. The fraction of sp³-hybridized carbons (Fsp3) is 0.500. The summed E-state index contributed by atoms with van der Waals surface area (Å²) in [7, 11) is 0. The molecule has 172 valence electrons. The fourth-order valence-corrected chi connectivity index (χ4v) is 3.69. The number of rotatable bonds is 3. The Labute approximate surface area is 180 Å². The number of hydrogen-bond donors (Lipinski definition) is 1. The highest BCUT2D eigenvalue weighted by molar-refractivity contribution is 5.91. The Hall–Kier alpha value is -3.31. The first kappa shape index (κ1) is 21.9. The lowest BCUT2D eigenvalue weighted by Gasteiger charge is -2.33. The largest absolute Gasteiger partial charge is 0.444 e. The summed E-state index contributed by atoms with van der Waals surface area (Å²) in [5, 5.41) is 4.45. The first-order chi connectivity index (χ1) is 15.0. The molecule has 1 aromatic carbocycles. The zero-order valence-electron chi connectivity index (χ0n) is 17.7. The molecule has 1 N–H and O–H groups in total. The lowest BCUT2D eigenvalue weighted by molar-refractivity contribution is -0.0520. The lowest BCUT2D eigenvalue weighted by Crippen LogP contribution is -2.42. The molecular formula is C20H22F3N5O4. The summed E-state index contributed by atoms with van der Waals surface area (Å²) in [5.74, 6) is -1.64. The van der Waals surface area contributed by atoms with Gasteiger partial charge >= 0.3 is 18.4 Å². The first-order valence-electron chi connectivity index (χ1n) is 10.1. The van der Waals surface area contributed by atoms with Crippen molar-refractivity contribution in [3.63, 3.8) is 0 Å². The van der Waals surface area contributed by atoms with Crippen molar-refractivity contribution in [2.24, 2.45) is 0 Å². The normalized spacial score (nSPS) is 17.3. The van der Waals surface area contributed by atoms with E-state index in [0.717, 1.165) is 16.6 Å². The number of aromatic nitrogens is 4. The van der Waals surface area contributed by atoms with E-state index in [1.54, 1.807) is 25.7 Å². The molecule has 0 radical (unpaired) electrons. The number of ether oxygens (including phenoxy) is 2. The van der Waals surface area contributed by atoms with Gasteiger partial charge in [-0.15, -0.1) is 5.10 Å². The van der Waals surface area contributed by atoms with E-state index in [2.05, 4.69) is 19.8 Å². The van der Waals surface area contributed by atoms with E-state index in [4.69, 9.17) is 4.74 Å². The maximum atomic E-state index is 14.3. The van der Waals surface area contributed by atoms with Crippen molar-refractivity contribution >= 4 is 22.6 Å². The molecule has 0 saturated carbocycles. The van der Waals surface area contributed by atoms with Crippen molar-refractivity contribution in [1.29, 1.82) is 0 Å². The van der Waals surface area contributed by atoms with E-state index in [-0.39, 0.29) is 22.5 Å². The summed E-state index contributed by atoms with van der Waals surface area (Å²) in [6, 6.07) is 1.95. The van der Waals surface area contributed by atoms with Crippen LogP contribution < -0.4 is 10.4 Å². The van der Waals surface area contributed by atoms with Crippen LogP contribution in [0.2, 0.25) is 0 Å².